The summed E-state index contributed by atoms with van der Waals surface area (Å²) in [6, 6.07) is 8.97. The fraction of sp³-hybridized carbons (Fsp3) is 0.500. The molecule has 9 heteroatoms. The molecular formula is C20H24N6O2S. The minimum absolute atomic E-state index is 0.139. The van der Waals surface area contributed by atoms with Gasteiger partial charge in [-0.25, -0.2) is 0 Å². The smallest absolute Gasteiger partial charge is 0.234 e. The number of aromatic nitrogens is 3. The van der Waals surface area contributed by atoms with Crippen LogP contribution in [0.5, 0.6) is 0 Å². The first kappa shape index (κ1) is 19.7. The molecule has 2 saturated heterocycles. The van der Waals surface area contributed by atoms with Crippen molar-refractivity contribution in [2.75, 3.05) is 35.7 Å². The summed E-state index contributed by atoms with van der Waals surface area (Å²) in [4.78, 5) is 14.7. The molecule has 2 aromatic rings. The lowest BCUT2D eigenvalue weighted by Crippen LogP contribution is -2.25. The number of thioether (sulfide) groups is 1. The van der Waals surface area contributed by atoms with Crippen LogP contribution < -0.4 is 10.2 Å². The molecule has 1 unspecified atom stereocenters. The number of amides is 1. The molecule has 0 aliphatic carbocycles. The average molecular weight is 413 g/mol. The van der Waals surface area contributed by atoms with E-state index in [2.05, 4.69) is 31.1 Å². The summed E-state index contributed by atoms with van der Waals surface area (Å²) in [6.45, 7) is 3.50. The van der Waals surface area contributed by atoms with Crippen molar-refractivity contribution >= 4 is 29.3 Å². The Hall–Kier alpha value is -2.57. The molecule has 1 amide bonds. The molecule has 4 rings (SSSR count). The van der Waals surface area contributed by atoms with E-state index < -0.39 is 0 Å². The number of nitrogens with zero attached hydrogens (tertiary/aromatic N) is 5. The summed E-state index contributed by atoms with van der Waals surface area (Å²) in [5.74, 6) is 0.961. The summed E-state index contributed by atoms with van der Waals surface area (Å²) in [5.41, 5.74) is 1.13. The van der Waals surface area contributed by atoms with Crippen molar-refractivity contribution in [3.63, 3.8) is 0 Å². The Morgan fingerprint density at radius 1 is 1.31 bits per heavy atom. The minimum Gasteiger partial charge on any atom is -0.376 e. The normalized spacial score (nSPS) is 18.7. The predicted molar refractivity (Wildman–Crippen MR) is 111 cm³/mol. The Bertz CT molecular complexity index is 897. The summed E-state index contributed by atoms with van der Waals surface area (Å²) < 4.78 is 7.92. The topological polar surface area (TPSA) is 96.1 Å². The van der Waals surface area contributed by atoms with E-state index >= 15 is 0 Å². The van der Waals surface area contributed by atoms with Crippen molar-refractivity contribution in [3.8, 4) is 6.07 Å². The second-order valence-corrected chi connectivity index (χ2v) is 8.19. The van der Waals surface area contributed by atoms with Crippen molar-refractivity contribution in [1.82, 2.24) is 14.8 Å². The third kappa shape index (κ3) is 4.89. The summed E-state index contributed by atoms with van der Waals surface area (Å²) in [7, 11) is 0. The number of anilines is 2. The van der Waals surface area contributed by atoms with Gasteiger partial charge in [0.1, 0.15) is 0 Å². The molecule has 0 spiro atoms. The molecule has 2 fully saturated rings. The van der Waals surface area contributed by atoms with E-state index in [1.165, 1.54) is 24.6 Å². The van der Waals surface area contributed by atoms with Gasteiger partial charge in [0.25, 0.3) is 0 Å². The SMILES string of the molecule is N#Cc1cccc(NC(=O)CSc2nnc(N3CCCC3)n2CC2CCCO2)c1. The quantitative estimate of drug-likeness (QED) is 0.699. The minimum atomic E-state index is -0.139. The van der Waals surface area contributed by atoms with Crippen molar-refractivity contribution in [2.45, 2.75) is 43.5 Å². The highest BCUT2D eigenvalue weighted by Crippen LogP contribution is 2.27. The van der Waals surface area contributed by atoms with Crippen molar-refractivity contribution in [2.24, 2.45) is 0 Å². The van der Waals surface area contributed by atoms with Crippen LogP contribution in [0.2, 0.25) is 0 Å². The molecular weight excluding hydrogens is 388 g/mol. The van der Waals surface area contributed by atoms with Crippen LogP contribution in [0.4, 0.5) is 11.6 Å². The van der Waals surface area contributed by atoms with E-state index in [1.807, 2.05) is 0 Å². The molecule has 2 aliphatic rings. The molecule has 1 N–H and O–H groups in total. The largest absolute Gasteiger partial charge is 0.376 e. The van der Waals surface area contributed by atoms with Gasteiger partial charge in [-0.05, 0) is 43.9 Å². The second-order valence-electron chi connectivity index (χ2n) is 7.25. The molecule has 0 saturated carbocycles. The number of benzene rings is 1. The van der Waals surface area contributed by atoms with Crippen molar-refractivity contribution in [1.29, 1.82) is 5.26 Å². The van der Waals surface area contributed by atoms with Crippen LogP contribution in [0.1, 0.15) is 31.2 Å². The van der Waals surface area contributed by atoms with Gasteiger partial charge in [0.2, 0.25) is 11.9 Å². The first-order chi connectivity index (χ1) is 14.2. The fourth-order valence-electron chi connectivity index (χ4n) is 3.68. The molecule has 0 radical (unpaired) electrons. The van der Waals surface area contributed by atoms with Crippen LogP contribution >= 0.6 is 11.8 Å². The number of carbonyl (C=O) groups is 1. The molecule has 8 nitrogen and oxygen atoms in total. The predicted octanol–water partition coefficient (Wildman–Crippen LogP) is 2.66. The monoisotopic (exact) mass is 412 g/mol. The maximum absolute atomic E-state index is 12.4. The molecule has 0 bridgehead atoms. The van der Waals surface area contributed by atoms with Crippen LogP contribution in [0, 0.1) is 11.3 Å². The highest BCUT2D eigenvalue weighted by Gasteiger charge is 2.25. The third-order valence-electron chi connectivity index (χ3n) is 5.10. The van der Waals surface area contributed by atoms with Gasteiger partial charge in [0, 0.05) is 25.4 Å². The Balaban J connectivity index is 1.43. The molecule has 1 atom stereocenters. The van der Waals surface area contributed by atoms with Crippen LogP contribution in [0.25, 0.3) is 0 Å². The highest BCUT2D eigenvalue weighted by molar-refractivity contribution is 7.99. The Kier molecular flexibility index (Phi) is 6.32. The van der Waals surface area contributed by atoms with E-state index in [0.29, 0.717) is 17.8 Å². The van der Waals surface area contributed by atoms with Gasteiger partial charge in [-0.3, -0.25) is 9.36 Å². The van der Waals surface area contributed by atoms with E-state index in [1.54, 1.807) is 24.3 Å². The van der Waals surface area contributed by atoms with E-state index in [-0.39, 0.29) is 17.8 Å². The standard InChI is InChI=1S/C20H24N6O2S/c21-12-15-5-3-6-16(11-15)22-18(27)14-29-20-24-23-19(25-8-1-2-9-25)26(20)13-17-7-4-10-28-17/h3,5-6,11,17H,1-2,4,7-10,13-14H2,(H,22,27). The molecule has 3 heterocycles. The lowest BCUT2D eigenvalue weighted by atomic mass is 10.2. The van der Waals surface area contributed by atoms with Crippen LogP contribution in [0.15, 0.2) is 29.4 Å². The zero-order valence-corrected chi connectivity index (χ0v) is 17.0. The number of hydrogen-bond acceptors (Lipinski definition) is 7. The lowest BCUT2D eigenvalue weighted by Gasteiger charge is -2.20. The zero-order valence-electron chi connectivity index (χ0n) is 16.2. The first-order valence-electron chi connectivity index (χ1n) is 9.95. The number of nitriles is 1. The van der Waals surface area contributed by atoms with Gasteiger partial charge in [-0.2, -0.15) is 5.26 Å². The maximum Gasteiger partial charge on any atom is 0.234 e. The average Bonchev–Trinajstić information content (AvgIpc) is 3.49. The molecule has 29 heavy (non-hydrogen) atoms. The van der Waals surface area contributed by atoms with Crippen LogP contribution in [-0.2, 0) is 16.1 Å². The third-order valence-corrected chi connectivity index (χ3v) is 6.07. The fourth-order valence-corrected chi connectivity index (χ4v) is 4.43. The van der Waals surface area contributed by atoms with Crippen molar-refractivity contribution < 1.29 is 9.53 Å². The van der Waals surface area contributed by atoms with E-state index in [9.17, 15) is 4.79 Å². The number of rotatable bonds is 7. The molecule has 1 aromatic carbocycles. The Morgan fingerprint density at radius 3 is 2.93 bits per heavy atom. The maximum atomic E-state index is 12.4. The molecule has 2 aliphatic heterocycles. The van der Waals surface area contributed by atoms with Gasteiger partial charge in [-0.1, -0.05) is 17.8 Å². The first-order valence-corrected chi connectivity index (χ1v) is 10.9. The number of hydrogen-bond donors (Lipinski definition) is 1. The van der Waals surface area contributed by atoms with E-state index in [0.717, 1.165) is 43.6 Å². The van der Waals surface area contributed by atoms with Crippen LogP contribution in [0.3, 0.4) is 0 Å². The van der Waals surface area contributed by atoms with Gasteiger partial charge in [0.05, 0.1) is 30.0 Å². The lowest BCUT2D eigenvalue weighted by molar-refractivity contribution is -0.113. The van der Waals surface area contributed by atoms with Gasteiger partial charge in [0.15, 0.2) is 5.16 Å². The van der Waals surface area contributed by atoms with E-state index in [4.69, 9.17) is 10.00 Å². The van der Waals surface area contributed by atoms with Crippen LogP contribution in [-0.4, -0.2) is 52.2 Å². The van der Waals surface area contributed by atoms with Gasteiger partial charge < -0.3 is 15.0 Å². The van der Waals surface area contributed by atoms with Gasteiger partial charge in [-0.15, -0.1) is 10.2 Å². The zero-order chi connectivity index (χ0) is 20.1. The molecule has 152 valence electrons. The highest BCUT2D eigenvalue weighted by atomic mass is 32.2. The summed E-state index contributed by atoms with van der Waals surface area (Å²) in [6.07, 6.45) is 4.63. The number of carbonyl (C=O) groups excluding carboxylic acids is 1. The Morgan fingerprint density at radius 2 is 2.17 bits per heavy atom. The number of ether oxygens (including phenoxy) is 1. The van der Waals surface area contributed by atoms with Crippen molar-refractivity contribution in [3.05, 3.63) is 29.8 Å². The van der Waals surface area contributed by atoms with Gasteiger partial charge >= 0.3 is 0 Å². The molecule has 1 aromatic heterocycles. The Labute approximate surface area is 174 Å². The summed E-state index contributed by atoms with van der Waals surface area (Å²) in [5, 5.41) is 21.4. The number of nitrogens with one attached hydrogen (secondary N) is 1. The second kappa shape index (κ2) is 9.29. The summed E-state index contributed by atoms with van der Waals surface area (Å²) >= 11 is 1.38.